The van der Waals surface area contributed by atoms with Crippen LogP contribution < -0.4 is 0 Å². The first-order chi connectivity index (χ1) is 7.16. The summed E-state index contributed by atoms with van der Waals surface area (Å²) in [6, 6.07) is 8.77. The quantitative estimate of drug-likeness (QED) is 0.639. The maximum Gasteiger partial charge on any atom is 0.0114 e. The lowest BCUT2D eigenvalue weighted by molar-refractivity contribution is 0.644. The summed E-state index contributed by atoms with van der Waals surface area (Å²) in [7, 11) is 0. The van der Waals surface area contributed by atoms with Crippen LogP contribution in [0.4, 0.5) is 0 Å². The Balaban J connectivity index is 2.47. The van der Waals surface area contributed by atoms with E-state index in [4.69, 9.17) is 0 Å². The number of fused-ring (bicyclic) bond motifs is 1. The predicted octanol–water partition coefficient (Wildman–Crippen LogP) is 4.02. The van der Waals surface area contributed by atoms with Crippen molar-refractivity contribution in [1.82, 2.24) is 0 Å². The molecule has 1 aliphatic rings. The molecule has 0 unspecified atom stereocenters. The van der Waals surface area contributed by atoms with E-state index in [-0.39, 0.29) is 5.41 Å². The number of hydrogen-bond acceptors (Lipinski definition) is 0. The summed E-state index contributed by atoms with van der Waals surface area (Å²) in [4.78, 5) is 0. The standard InChI is InChI=1S/C15H18/c1-4-5-9-13-11-12-8-6-7-10-14(12)15(13,2)3/h4-10H,11H2,1-3H3/b5-4-,13-9+. The first-order valence-electron chi connectivity index (χ1n) is 5.57. The zero-order valence-corrected chi connectivity index (χ0v) is 9.75. The minimum atomic E-state index is 0.204. The maximum atomic E-state index is 2.31. The van der Waals surface area contributed by atoms with E-state index in [1.54, 1.807) is 0 Å². The number of allylic oxidation sites excluding steroid dienone is 4. The van der Waals surface area contributed by atoms with E-state index in [0.717, 1.165) is 6.42 Å². The molecule has 78 valence electrons. The second-order valence-corrected chi connectivity index (χ2v) is 4.68. The highest BCUT2D eigenvalue weighted by Crippen LogP contribution is 2.42. The van der Waals surface area contributed by atoms with Gasteiger partial charge in [0.1, 0.15) is 0 Å². The van der Waals surface area contributed by atoms with Crippen LogP contribution in [0.25, 0.3) is 0 Å². The summed E-state index contributed by atoms with van der Waals surface area (Å²) in [6.07, 6.45) is 7.60. The van der Waals surface area contributed by atoms with Crippen LogP contribution in [0, 0.1) is 0 Å². The molecule has 0 heterocycles. The third kappa shape index (κ3) is 1.65. The number of rotatable bonds is 1. The van der Waals surface area contributed by atoms with Gasteiger partial charge in [0.05, 0.1) is 0 Å². The van der Waals surface area contributed by atoms with Gasteiger partial charge in [0.15, 0.2) is 0 Å². The van der Waals surface area contributed by atoms with E-state index in [2.05, 4.69) is 63.3 Å². The zero-order chi connectivity index (χ0) is 10.9. The van der Waals surface area contributed by atoms with Crippen LogP contribution in [-0.2, 0) is 11.8 Å². The molecule has 1 aromatic carbocycles. The van der Waals surface area contributed by atoms with Gasteiger partial charge >= 0.3 is 0 Å². The fourth-order valence-electron chi connectivity index (χ4n) is 2.36. The molecule has 0 spiro atoms. The topological polar surface area (TPSA) is 0 Å². The van der Waals surface area contributed by atoms with Crippen molar-refractivity contribution < 1.29 is 0 Å². The minimum absolute atomic E-state index is 0.204. The Kier molecular flexibility index (Phi) is 2.52. The smallest absolute Gasteiger partial charge is 0.0114 e. The molecule has 0 amide bonds. The summed E-state index contributed by atoms with van der Waals surface area (Å²) in [5.74, 6) is 0. The third-order valence-electron chi connectivity index (χ3n) is 3.36. The van der Waals surface area contributed by atoms with Crippen molar-refractivity contribution in [2.75, 3.05) is 0 Å². The molecule has 15 heavy (non-hydrogen) atoms. The molecule has 0 saturated carbocycles. The van der Waals surface area contributed by atoms with Crippen LogP contribution in [0.2, 0.25) is 0 Å². The highest BCUT2D eigenvalue weighted by atomic mass is 14.4. The average molecular weight is 198 g/mol. The largest absolute Gasteiger partial charge is 0.0877 e. The zero-order valence-electron chi connectivity index (χ0n) is 9.75. The molecule has 0 atom stereocenters. The Hall–Kier alpha value is -1.30. The molecule has 0 aliphatic heterocycles. The Morgan fingerprint density at radius 1 is 1.20 bits per heavy atom. The lowest BCUT2D eigenvalue weighted by atomic mass is 9.82. The van der Waals surface area contributed by atoms with Gasteiger partial charge in [0.2, 0.25) is 0 Å². The predicted molar refractivity (Wildman–Crippen MR) is 66.1 cm³/mol. The van der Waals surface area contributed by atoms with Crippen molar-refractivity contribution in [3.05, 3.63) is 59.2 Å². The van der Waals surface area contributed by atoms with Gasteiger partial charge in [0, 0.05) is 5.41 Å². The fourth-order valence-corrected chi connectivity index (χ4v) is 2.36. The first kappa shape index (κ1) is 10.2. The minimum Gasteiger partial charge on any atom is -0.0877 e. The molecule has 0 heteroatoms. The molecule has 0 aromatic heterocycles. The summed E-state index contributed by atoms with van der Waals surface area (Å²) < 4.78 is 0. The molecule has 1 aromatic rings. The van der Waals surface area contributed by atoms with Crippen molar-refractivity contribution in [3.8, 4) is 0 Å². The summed E-state index contributed by atoms with van der Waals surface area (Å²) in [5.41, 5.74) is 4.69. The SMILES string of the molecule is C/C=C\C=C1/Cc2ccccc2C1(C)C. The lowest BCUT2D eigenvalue weighted by Gasteiger charge is -2.21. The van der Waals surface area contributed by atoms with E-state index in [1.807, 2.05) is 0 Å². The van der Waals surface area contributed by atoms with Crippen molar-refractivity contribution in [2.45, 2.75) is 32.6 Å². The van der Waals surface area contributed by atoms with Gasteiger partial charge in [0.25, 0.3) is 0 Å². The molecule has 0 nitrogen and oxygen atoms in total. The Labute approximate surface area is 92.3 Å². The lowest BCUT2D eigenvalue weighted by Crippen LogP contribution is -2.14. The molecular formula is C15H18. The Morgan fingerprint density at radius 3 is 2.60 bits per heavy atom. The Bertz CT molecular complexity index is 419. The molecular weight excluding hydrogens is 180 g/mol. The molecule has 0 saturated heterocycles. The van der Waals surface area contributed by atoms with Gasteiger partial charge in [-0.25, -0.2) is 0 Å². The van der Waals surface area contributed by atoms with Gasteiger partial charge < -0.3 is 0 Å². The van der Waals surface area contributed by atoms with E-state index < -0.39 is 0 Å². The fraction of sp³-hybridized carbons (Fsp3) is 0.333. The third-order valence-corrected chi connectivity index (χ3v) is 3.36. The van der Waals surface area contributed by atoms with Crippen LogP contribution in [0.1, 0.15) is 31.9 Å². The van der Waals surface area contributed by atoms with E-state index >= 15 is 0 Å². The molecule has 2 rings (SSSR count). The van der Waals surface area contributed by atoms with Crippen LogP contribution in [0.15, 0.2) is 48.1 Å². The van der Waals surface area contributed by atoms with Crippen LogP contribution in [0.3, 0.4) is 0 Å². The number of benzene rings is 1. The van der Waals surface area contributed by atoms with E-state index in [0.29, 0.717) is 0 Å². The molecule has 1 aliphatic carbocycles. The maximum absolute atomic E-state index is 2.31. The van der Waals surface area contributed by atoms with Gasteiger partial charge in [-0.3, -0.25) is 0 Å². The van der Waals surface area contributed by atoms with Crippen LogP contribution in [-0.4, -0.2) is 0 Å². The average Bonchev–Trinajstić information content (AvgIpc) is 2.48. The van der Waals surface area contributed by atoms with Gasteiger partial charge in [-0.2, -0.15) is 0 Å². The molecule has 0 fully saturated rings. The van der Waals surface area contributed by atoms with Gasteiger partial charge in [-0.15, -0.1) is 0 Å². The summed E-state index contributed by atoms with van der Waals surface area (Å²) in [6.45, 7) is 6.69. The van der Waals surface area contributed by atoms with Gasteiger partial charge in [-0.05, 0) is 24.5 Å². The van der Waals surface area contributed by atoms with Crippen molar-refractivity contribution >= 4 is 0 Å². The monoisotopic (exact) mass is 198 g/mol. The van der Waals surface area contributed by atoms with Crippen molar-refractivity contribution in [2.24, 2.45) is 0 Å². The molecule has 0 bridgehead atoms. The van der Waals surface area contributed by atoms with Crippen molar-refractivity contribution in [3.63, 3.8) is 0 Å². The normalized spacial score (nSPS) is 21.1. The van der Waals surface area contributed by atoms with E-state index in [9.17, 15) is 0 Å². The second-order valence-electron chi connectivity index (χ2n) is 4.68. The highest BCUT2D eigenvalue weighted by molar-refractivity contribution is 5.50. The highest BCUT2D eigenvalue weighted by Gasteiger charge is 2.33. The molecule has 0 N–H and O–H groups in total. The first-order valence-corrected chi connectivity index (χ1v) is 5.57. The molecule has 0 radical (unpaired) electrons. The van der Waals surface area contributed by atoms with E-state index in [1.165, 1.54) is 16.7 Å². The van der Waals surface area contributed by atoms with Gasteiger partial charge in [-0.1, -0.05) is 61.9 Å². The number of hydrogen-bond donors (Lipinski definition) is 0. The van der Waals surface area contributed by atoms with Crippen molar-refractivity contribution in [1.29, 1.82) is 0 Å². The summed E-state index contributed by atoms with van der Waals surface area (Å²) in [5, 5.41) is 0. The second kappa shape index (κ2) is 3.69. The van der Waals surface area contributed by atoms with Crippen LogP contribution >= 0.6 is 0 Å². The Morgan fingerprint density at radius 2 is 1.93 bits per heavy atom. The van der Waals surface area contributed by atoms with Crippen LogP contribution in [0.5, 0.6) is 0 Å². The summed E-state index contributed by atoms with van der Waals surface area (Å²) >= 11 is 0.